The minimum absolute atomic E-state index is 0.0211. The van der Waals surface area contributed by atoms with E-state index in [1.165, 1.54) is 19.1 Å². The number of hydrogen-bond acceptors (Lipinski definition) is 3. The van der Waals surface area contributed by atoms with Gasteiger partial charge in [0, 0.05) is 13.5 Å². The van der Waals surface area contributed by atoms with Crippen LogP contribution in [0.4, 0.5) is 4.39 Å². The molecular weight excluding hydrogens is 333 g/mol. The van der Waals surface area contributed by atoms with Gasteiger partial charge in [0.1, 0.15) is 5.82 Å². The Morgan fingerprint density at radius 2 is 2.08 bits per heavy atom. The normalized spacial score (nSPS) is 16.5. The summed E-state index contributed by atoms with van der Waals surface area (Å²) in [6.45, 7) is 2.51. The third kappa shape index (κ3) is 4.45. The Morgan fingerprint density at radius 3 is 2.85 bits per heavy atom. The van der Waals surface area contributed by atoms with Crippen molar-refractivity contribution in [1.82, 2.24) is 15.2 Å². The van der Waals surface area contributed by atoms with E-state index in [9.17, 15) is 14.0 Å². The van der Waals surface area contributed by atoms with Gasteiger partial charge in [-0.3, -0.25) is 14.6 Å². The molecule has 136 valence electrons. The van der Waals surface area contributed by atoms with Crippen LogP contribution in [0.15, 0.2) is 42.5 Å². The summed E-state index contributed by atoms with van der Waals surface area (Å²) in [4.78, 5) is 30.2. The van der Waals surface area contributed by atoms with E-state index in [0.717, 1.165) is 24.2 Å². The Kier molecular flexibility index (Phi) is 5.61. The van der Waals surface area contributed by atoms with Gasteiger partial charge in [-0.25, -0.2) is 4.39 Å². The van der Waals surface area contributed by atoms with E-state index in [2.05, 4.69) is 10.3 Å². The predicted molar refractivity (Wildman–Crippen MR) is 95.5 cm³/mol. The second kappa shape index (κ2) is 8.08. The summed E-state index contributed by atoms with van der Waals surface area (Å²) in [5, 5.41) is 2.73. The van der Waals surface area contributed by atoms with Gasteiger partial charge in [0.25, 0.3) is 0 Å². The highest BCUT2D eigenvalue weighted by atomic mass is 19.1. The highest BCUT2D eigenvalue weighted by Gasteiger charge is 2.30. The molecule has 5 nitrogen and oxygen atoms in total. The fourth-order valence-electron chi connectivity index (χ4n) is 3.29. The van der Waals surface area contributed by atoms with Crippen LogP contribution in [0.5, 0.6) is 0 Å². The topological polar surface area (TPSA) is 62.3 Å². The highest BCUT2D eigenvalue weighted by Crippen LogP contribution is 2.31. The largest absolute Gasteiger partial charge is 0.351 e. The SMILES string of the molecule is CC(=O)NCc1cccc([C@H]2CCCN2C(=O)Cc2cccc(F)c2)n1. The molecule has 0 unspecified atom stereocenters. The molecule has 0 saturated carbocycles. The molecule has 6 heteroatoms. The average molecular weight is 355 g/mol. The van der Waals surface area contributed by atoms with E-state index in [4.69, 9.17) is 0 Å². The summed E-state index contributed by atoms with van der Waals surface area (Å²) >= 11 is 0. The van der Waals surface area contributed by atoms with Crippen LogP contribution in [0.2, 0.25) is 0 Å². The van der Waals surface area contributed by atoms with Gasteiger partial charge in [0.2, 0.25) is 11.8 Å². The van der Waals surface area contributed by atoms with Gasteiger partial charge in [0.05, 0.1) is 30.4 Å². The second-order valence-corrected chi connectivity index (χ2v) is 6.52. The molecule has 1 fully saturated rings. The Balaban J connectivity index is 1.72. The van der Waals surface area contributed by atoms with Crippen molar-refractivity contribution < 1.29 is 14.0 Å². The van der Waals surface area contributed by atoms with E-state index in [-0.39, 0.29) is 30.1 Å². The molecule has 2 heterocycles. The molecule has 1 aromatic carbocycles. The van der Waals surface area contributed by atoms with Crippen LogP contribution in [0.3, 0.4) is 0 Å². The number of rotatable bonds is 5. The zero-order valence-electron chi connectivity index (χ0n) is 14.7. The summed E-state index contributed by atoms with van der Waals surface area (Å²) in [7, 11) is 0. The second-order valence-electron chi connectivity index (χ2n) is 6.52. The smallest absolute Gasteiger partial charge is 0.227 e. The van der Waals surface area contributed by atoms with Crippen molar-refractivity contribution in [3.8, 4) is 0 Å². The first-order valence-electron chi connectivity index (χ1n) is 8.77. The van der Waals surface area contributed by atoms with Crippen LogP contribution < -0.4 is 5.32 Å². The molecule has 0 spiro atoms. The van der Waals surface area contributed by atoms with E-state index in [1.807, 2.05) is 23.1 Å². The molecule has 3 rings (SSSR count). The van der Waals surface area contributed by atoms with Crippen molar-refractivity contribution in [2.45, 2.75) is 38.8 Å². The van der Waals surface area contributed by atoms with Crippen LogP contribution in [-0.4, -0.2) is 28.2 Å². The van der Waals surface area contributed by atoms with Gasteiger partial charge in [-0.2, -0.15) is 0 Å². The maximum Gasteiger partial charge on any atom is 0.227 e. The number of benzene rings is 1. The minimum atomic E-state index is -0.333. The number of hydrogen-bond donors (Lipinski definition) is 1. The molecule has 1 N–H and O–H groups in total. The number of carbonyl (C=O) groups is 2. The first-order chi connectivity index (χ1) is 12.5. The number of carbonyl (C=O) groups excluding carboxylic acids is 2. The van der Waals surface area contributed by atoms with Crippen molar-refractivity contribution in [3.05, 3.63) is 65.2 Å². The summed E-state index contributed by atoms with van der Waals surface area (Å²) in [6, 6.07) is 11.7. The molecule has 1 saturated heterocycles. The van der Waals surface area contributed by atoms with E-state index >= 15 is 0 Å². The molecule has 0 aliphatic carbocycles. The van der Waals surface area contributed by atoms with Crippen LogP contribution in [0.1, 0.15) is 42.8 Å². The third-order valence-electron chi connectivity index (χ3n) is 4.51. The lowest BCUT2D eigenvalue weighted by atomic mass is 10.1. The predicted octanol–water partition coefficient (Wildman–Crippen LogP) is 2.76. The fraction of sp³-hybridized carbons (Fsp3) is 0.350. The lowest BCUT2D eigenvalue weighted by Crippen LogP contribution is -2.32. The number of aromatic nitrogens is 1. The first kappa shape index (κ1) is 18.0. The Bertz CT molecular complexity index is 809. The first-order valence-corrected chi connectivity index (χ1v) is 8.77. The van der Waals surface area contributed by atoms with Gasteiger partial charge >= 0.3 is 0 Å². The Hall–Kier alpha value is -2.76. The van der Waals surface area contributed by atoms with Crippen LogP contribution in [0, 0.1) is 5.82 Å². The maximum absolute atomic E-state index is 13.3. The third-order valence-corrected chi connectivity index (χ3v) is 4.51. The highest BCUT2D eigenvalue weighted by molar-refractivity contribution is 5.79. The molecule has 1 atom stereocenters. The van der Waals surface area contributed by atoms with Crippen molar-refractivity contribution in [2.24, 2.45) is 0 Å². The zero-order valence-corrected chi connectivity index (χ0v) is 14.7. The summed E-state index contributed by atoms with van der Waals surface area (Å²) in [6.07, 6.45) is 1.95. The van der Waals surface area contributed by atoms with Crippen LogP contribution >= 0.6 is 0 Å². The summed E-state index contributed by atoms with van der Waals surface area (Å²) in [5.41, 5.74) is 2.27. The quantitative estimate of drug-likeness (QED) is 0.897. The Morgan fingerprint density at radius 1 is 1.27 bits per heavy atom. The molecule has 1 aromatic heterocycles. The van der Waals surface area contributed by atoms with Gasteiger partial charge < -0.3 is 10.2 Å². The van der Waals surface area contributed by atoms with E-state index in [1.54, 1.807) is 12.1 Å². The number of amides is 2. The van der Waals surface area contributed by atoms with Crippen molar-refractivity contribution >= 4 is 11.8 Å². The lowest BCUT2D eigenvalue weighted by Gasteiger charge is -2.25. The number of pyridine rings is 1. The number of nitrogens with zero attached hydrogens (tertiary/aromatic N) is 2. The monoisotopic (exact) mass is 355 g/mol. The van der Waals surface area contributed by atoms with Gasteiger partial charge in [-0.1, -0.05) is 18.2 Å². The van der Waals surface area contributed by atoms with E-state index in [0.29, 0.717) is 18.7 Å². The van der Waals surface area contributed by atoms with Crippen molar-refractivity contribution in [3.63, 3.8) is 0 Å². The molecule has 2 amide bonds. The zero-order chi connectivity index (χ0) is 18.5. The summed E-state index contributed by atoms with van der Waals surface area (Å²) < 4.78 is 13.3. The molecular formula is C20H22FN3O2. The van der Waals surface area contributed by atoms with E-state index < -0.39 is 0 Å². The number of nitrogens with one attached hydrogen (secondary N) is 1. The molecule has 26 heavy (non-hydrogen) atoms. The lowest BCUT2D eigenvalue weighted by molar-refractivity contribution is -0.131. The van der Waals surface area contributed by atoms with Gasteiger partial charge in [-0.05, 0) is 42.7 Å². The standard InChI is InChI=1S/C20H22FN3O2/c1-14(25)22-13-17-7-3-8-18(23-17)19-9-4-10-24(19)20(26)12-15-5-2-6-16(21)11-15/h2-3,5-8,11,19H,4,9-10,12-13H2,1H3,(H,22,25)/t19-/m1/s1. The molecule has 2 aromatic rings. The van der Waals surface area contributed by atoms with Crippen LogP contribution in [-0.2, 0) is 22.6 Å². The molecule has 0 radical (unpaired) electrons. The van der Waals surface area contributed by atoms with Crippen molar-refractivity contribution in [2.75, 3.05) is 6.54 Å². The fourth-order valence-corrected chi connectivity index (χ4v) is 3.29. The molecule has 0 bridgehead atoms. The summed E-state index contributed by atoms with van der Waals surface area (Å²) in [5.74, 6) is -0.460. The van der Waals surface area contributed by atoms with Crippen molar-refractivity contribution in [1.29, 1.82) is 0 Å². The Labute approximate surface area is 152 Å². The molecule has 1 aliphatic rings. The minimum Gasteiger partial charge on any atom is -0.351 e. The number of halogens is 1. The molecule has 1 aliphatic heterocycles. The maximum atomic E-state index is 13.3. The average Bonchev–Trinajstić information content (AvgIpc) is 3.10. The van der Waals surface area contributed by atoms with Crippen LogP contribution in [0.25, 0.3) is 0 Å². The number of likely N-dealkylation sites (tertiary alicyclic amines) is 1. The van der Waals surface area contributed by atoms with Gasteiger partial charge in [0.15, 0.2) is 0 Å². The van der Waals surface area contributed by atoms with Gasteiger partial charge in [-0.15, -0.1) is 0 Å².